The molecule has 2 N–H and O–H groups in total. The number of hydrogen-bond acceptors (Lipinski definition) is 3. The summed E-state index contributed by atoms with van der Waals surface area (Å²) < 4.78 is 5.10. The van der Waals surface area contributed by atoms with Gasteiger partial charge in [-0.15, -0.1) is 0 Å². The summed E-state index contributed by atoms with van der Waals surface area (Å²) in [6.45, 7) is 0.517. The first kappa shape index (κ1) is 13.9. The number of ether oxygens (including phenoxy) is 1. The molecule has 0 bridgehead atoms. The Bertz CT molecular complexity index is 550. The van der Waals surface area contributed by atoms with Gasteiger partial charge in [-0.3, -0.25) is 9.59 Å². The van der Waals surface area contributed by atoms with Crippen molar-refractivity contribution in [2.45, 2.75) is 13.0 Å². The summed E-state index contributed by atoms with van der Waals surface area (Å²) >= 11 is 0. The Morgan fingerprint density at radius 3 is 2.65 bits per heavy atom. The van der Waals surface area contributed by atoms with Gasteiger partial charge in [0, 0.05) is 18.9 Å². The summed E-state index contributed by atoms with van der Waals surface area (Å²) in [6, 6.07) is 11.1. The van der Waals surface area contributed by atoms with Crippen molar-refractivity contribution >= 4 is 11.9 Å². The van der Waals surface area contributed by atoms with E-state index in [-0.39, 0.29) is 31.4 Å². The highest BCUT2D eigenvalue weighted by Gasteiger charge is 2.07. The normalized spacial score (nSPS) is 10.0. The van der Waals surface area contributed by atoms with Crippen LogP contribution in [0.3, 0.4) is 0 Å². The average molecular weight is 272 g/mol. The molecule has 1 aromatic heterocycles. The Balaban J connectivity index is 1.64. The smallest absolute Gasteiger partial charge is 0.307 e. The van der Waals surface area contributed by atoms with E-state index in [9.17, 15) is 9.59 Å². The molecule has 2 aromatic rings. The topological polar surface area (TPSA) is 71.2 Å². The highest BCUT2D eigenvalue weighted by molar-refractivity contribution is 5.94. The standard InChI is InChI=1S/C15H16N2O3/c18-14(20-11-12-4-2-1-3-5-12)7-9-17-15(19)13-6-8-16-10-13/h1-6,8,10,16H,7,9,11H2,(H,17,19). The van der Waals surface area contributed by atoms with Crippen LogP contribution in [0.1, 0.15) is 22.3 Å². The van der Waals surface area contributed by atoms with Crippen molar-refractivity contribution in [3.05, 3.63) is 59.9 Å². The van der Waals surface area contributed by atoms with Gasteiger partial charge in [0.2, 0.25) is 0 Å². The van der Waals surface area contributed by atoms with Crippen LogP contribution in [0, 0.1) is 0 Å². The maximum absolute atomic E-state index is 11.6. The average Bonchev–Trinajstić information content (AvgIpc) is 3.00. The summed E-state index contributed by atoms with van der Waals surface area (Å²) in [5.41, 5.74) is 1.49. The first-order valence-electron chi connectivity index (χ1n) is 6.36. The van der Waals surface area contributed by atoms with E-state index in [0.29, 0.717) is 5.56 Å². The molecular formula is C15H16N2O3. The number of rotatable bonds is 6. The lowest BCUT2D eigenvalue weighted by atomic mass is 10.2. The van der Waals surface area contributed by atoms with Gasteiger partial charge in [-0.25, -0.2) is 0 Å². The second-order valence-corrected chi connectivity index (χ2v) is 4.25. The van der Waals surface area contributed by atoms with Gasteiger partial charge >= 0.3 is 5.97 Å². The van der Waals surface area contributed by atoms with Crippen LogP contribution in [0.5, 0.6) is 0 Å². The van der Waals surface area contributed by atoms with Gasteiger partial charge in [0.1, 0.15) is 6.61 Å². The summed E-state index contributed by atoms with van der Waals surface area (Å²) in [5.74, 6) is -0.537. The Hall–Kier alpha value is -2.56. The van der Waals surface area contributed by atoms with Crippen LogP contribution < -0.4 is 5.32 Å². The van der Waals surface area contributed by atoms with Crippen LogP contribution >= 0.6 is 0 Å². The lowest BCUT2D eigenvalue weighted by molar-refractivity contribution is -0.144. The van der Waals surface area contributed by atoms with Crippen LogP contribution in [0.2, 0.25) is 0 Å². The molecule has 1 heterocycles. The lowest BCUT2D eigenvalue weighted by Gasteiger charge is -2.06. The number of benzene rings is 1. The predicted molar refractivity (Wildman–Crippen MR) is 74.0 cm³/mol. The minimum atomic E-state index is -0.330. The van der Waals surface area contributed by atoms with E-state index in [4.69, 9.17) is 4.74 Å². The molecule has 5 heteroatoms. The molecule has 20 heavy (non-hydrogen) atoms. The molecule has 1 aromatic carbocycles. The second-order valence-electron chi connectivity index (χ2n) is 4.25. The van der Waals surface area contributed by atoms with Gasteiger partial charge in [-0.05, 0) is 11.6 Å². The molecular weight excluding hydrogens is 256 g/mol. The zero-order valence-electron chi connectivity index (χ0n) is 11.0. The molecule has 1 amide bonds. The molecule has 0 unspecified atom stereocenters. The first-order valence-corrected chi connectivity index (χ1v) is 6.36. The molecule has 0 saturated heterocycles. The molecule has 0 radical (unpaired) electrons. The maximum Gasteiger partial charge on any atom is 0.307 e. The number of aromatic amines is 1. The van der Waals surface area contributed by atoms with E-state index in [0.717, 1.165) is 5.56 Å². The van der Waals surface area contributed by atoms with Gasteiger partial charge in [0.05, 0.1) is 12.0 Å². The van der Waals surface area contributed by atoms with Crippen molar-refractivity contribution in [2.75, 3.05) is 6.54 Å². The maximum atomic E-state index is 11.6. The molecule has 0 fully saturated rings. The first-order chi connectivity index (χ1) is 9.75. The number of nitrogens with one attached hydrogen (secondary N) is 2. The number of amides is 1. The van der Waals surface area contributed by atoms with E-state index in [1.54, 1.807) is 18.5 Å². The Labute approximate surface area is 117 Å². The Morgan fingerprint density at radius 2 is 1.95 bits per heavy atom. The van der Waals surface area contributed by atoms with E-state index >= 15 is 0 Å². The molecule has 2 rings (SSSR count). The number of carbonyl (C=O) groups excluding carboxylic acids is 2. The number of aromatic nitrogens is 1. The third-order valence-electron chi connectivity index (χ3n) is 2.72. The lowest BCUT2D eigenvalue weighted by Crippen LogP contribution is -2.26. The second kappa shape index (κ2) is 7.13. The fourth-order valence-corrected chi connectivity index (χ4v) is 1.66. The van der Waals surface area contributed by atoms with Gasteiger partial charge in [0.15, 0.2) is 0 Å². The molecule has 5 nitrogen and oxygen atoms in total. The predicted octanol–water partition coefficient (Wildman–Crippen LogP) is 1.88. The van der Waals surface area contributed by atoms with Crippen molar-refractivity contribution < 1.29 is 14.3 Å². The van der Waals surface area contributed by atoms with E-state index in [1.165, 1.54) is 0 Å². The fourth-order valence-electron chi connectivity index (χ4n) is 1.66. The zero-order valence-corrected chi connectivity index (χ0v) is 11.0. The number of H-pyrrole nitrogens is 1. The van der Waals surface area contributed by atoms with Gasteiger partial charge in [-0.1, -0.05) is 30.3 Å². The largest absolute Gasteiger partial charge is 0.461 e. The molecule has 0 aliphatic heterocycles. The van der Waals surface area contributed by atoms with Crippen LogP contribution in [0.25, 0.3) is 0 Å². The molecule has 0 aliphatic carbocycles. The number of hydrogen-bond donors (Lipinski definition) is 2. The van der Waals surface area contributed by atoms with Crippen LogP contribution in [0.4, 0.5) is 0 Å². The van der Waals surface area contributed by atoms with Crippen molar-refractivity contribution in [2.24, 2.45) is 0 Å². The van der Waals surface area contributed by atoms with Crippen molar-refractivity contribution in [3.8, 4) is 0 Å². The highest BCUT2D eigenvalue weighted by Crippen LogP contribution is 2.01. The minimum Gasteiger partial charge on any atom is -0.461 e. The fraction of sp³-hybridized carbons (Fsp3) is 0.200. The van der Waals surface area contributed by atoms with Crippen molar-refractivity contribution in [3.63, 3.8) is 0 Å². The van der Waals surface area contributed by atoms with Gasteiger partial charge in [-0.2, -0.15) is 0 Å². The van der Waals surface area contributed by atoms with Crippen molar-refractivity contribution in [1.82, 2.24) is 10.3 Å². The van der Waals surface area contributed by atoms with E-state index < -0.39 is 0 Å². The molecule has 0 saturated carbocycles. The monoisotopic (exact) mass is 272 g/mol. The van der Waals surface area contributed by atoms with E-state index in [1.807, 2.05) is 30.3 Å². The van der Waals surface area contributed by atoms with Crippen LogP contribution in [-0.4, -0.2) is 23.4 Å². The van der Waals surface area contributed by atoms with Crippen LogP contribution in [0.15, 0.2) is 48.8 Å². The molecule has 0 atom stereocenters. The summed E-state index contributed by atoms with van der Waals surface area (Å²) in [4.78, 5) is 25.9. The molecule has 104 valence electrons. The minimum absolute atomic E-state index is 0.156. The van der Waals surface area contributed by atoms with Gasteiger partial charge in [0.25, 0.3) is 5.91 Å². The summed E-state index contributed by atoms with van der Waals surface area (Å²) in [5, 5.41) is 2.65. The van der Waals surface area contributed by atoms with Crippen LogP contribution in [-0.2, 0) is 16.1 Å². The molecule has 0 aliphatic rings. The third-order valence-corrected chi connectivity index (χ3v) is 2.72. The Morgan fingerprint density at radius 1 is 1.15 bits per heavy atom. The quantitative estimate of drug-likeness (QED) is 0.789. The van der Waals surface area contributed by atoms with Gasteiger partial charge < -0.3 is 15.0 Å². The summed E-state index contributed by atoms with van der Waals surface area (Å²) in [6.07, 6.45) is 3.43. The molecule has 0 spiro atoms. The Kier molecular flexibility index (Phi) is 4.94. The zero-order chi connectivity index (χ0) is 14.2. The van der Waals surface area contributed by atoms with Crippen molar-refractivity contribution in [1.29, 1.82) is 0 Å². The van der Waals surface area contributed by atoms with E-state index in [2.05, 4.69) is 10.3 Å². The summed E-state index contributed by atoms with van der Waals surface area (Å²) in [7, 11) is 0. The SMILES string of the molecule is O=C(CCNC(=O)c1cc[nH]c1)OCc1ccccc1. The number of carbonyl (C=O) groups is 2. The third kappa shape index (κ3) is 4.28. The number of esters is 1. The highest BCUT2D eigenvalue weighted by atomic mass is 16.5.